The summed E-state index contributed by atoms with van der Waals surface area (Å²) >= 11 is 0. The number of carbonyl (C=O) groups is 1. The average molecular weight is 286 g/mol. The number of nitrogens with zero attached hydrogens (tertiary/aromatic N) is 1. The lowest BCUT2D eigenvalue weighted by Gasteiger charge is -2.10. The van der Waals surface area contributed by atoms with Gasteiger partial charge in [-0.05, 0) is 31.2 Å². The number of hydrogen-bond acceptors (Lipinski definition) is 4. The molecule has 21 heavy (non-hydrogen) atoms. The van der Waals surface area contributed by atoms with Crippen LogP contribution in [0.5, 0.6) is 0 Å². The van der Waals surface area contributed by atoms with Crippen molar-refractivity contribution in [2.45, 2.75) is 13.8 Å². The first kappa shape index (κ1) is 14.9. The molecule has 2 rings (SSSR count). The highest BCUT2D eigenvalue weighted by molar-refractivity contribution is 5.92. The van der Waals surface area contributed by atoms with Crippen LogP contribution in [0.3, 0.4) is 0 Å². The Labute approximate surface area is 122 Å². The van der Waals surface area contributed by atoms with Crippen LogP contribution in [-0.4, -0.2) is 22.4 Å². The van der Waals surface area contributed by atoms with Crippen molar-refractivity contribution < 1.29 is 4.79 Å². The minimum absolute atomic E-state index is 0.118. The van der Waals surface area contributed by atoms with Gasteiger partial charge in [0.15, 0.2) is 0 Å². The van der Waals surface area contributed by atoms with Gasteiger partial charge in [0.05, 0.1) is 0 Å². The van der Waals surface area contributed by atoms with Crippen molar-refractivity contribution in [1.82, 2.24) is 9.97 Å². The lowest BCUT2D eigenvalue weighted by atomic mass is 10.1. The van der Waals surface area contributed by atoms with Gasteiger partial charge in [-0.15, -0.1) is 0 Å². The maximum atomic E-state index is 11.7. The van der Waals surface area contributed by atoms with Gasteiger partial charge >= 0.3 is 0 Å². The summed E-state index contributed by atoms with van der Waals surface area (Å²) in [5, 5.41) is 2.78. The molecule has 6 heteroatoms. The molecule has 1 unspecified atom stereocenters. The van der Waals surface area contributed by atoms with E-state index in [4.69, 9.17) is 5.73 Å². The zero-order valence-corrected chi connectivity index (χ0v) is 12.0. The second kappa shape index (κ2) is 6.32. The number of hydrogen-bond donors (Lipinski definition) is 3. The summed E-state index contributed by atoms with van der Waals surface area (Å²) < 4.78 is 0. The average Bonchev–Trinajstić information content (AvgIpc) is 2.46. The molecule has 2 aromatic rings. The molecule has 0 fully saturated rings. The SMILES string of the molecule is Cc1cc(=O)[nH]c(-c2ccc(NC(=O)C(C)CN)cc2)n1. The topological polar surface area (TPSA) is 101 Å². The Morgan fingerprint density at radius 2 is 2.05 bits per heavy atom. The van der Waals surface area contributed by atoms with E-state index in [0.29, 0.717) is 23.8 Å². The minimum Gasteiger partial charge on any atom is -0.330 e. The van der Waals surface area contributed by atoms with Crippen molar-refractivity contribution in [3.8, 4) is 11.4 Å². The van der Waals surface area contributed by atoms with Crippen molar-refractivity contribution in [1.29, 1.82) is 0 Å². The van der Waals surface area contributed by atoms with Crippen molar-refractivity contribution in [3.05, 3.63) is 46.4 Å². The van der Waals surface area contributed by atoms with E-state index in [-0.39, 0.29) is 17.4 Å². The molecule has 0 saturated heterocycles. The molecule has 0 bridgehead atoms. The van der Waals surface area contributed by atoms with Gasteiger partial charge in [-0.3, -0.25) is 9.59 Å². The number of benzene rings is 1. The minimum atomic E-state index is -0.237. The Morgan fingerprint density at radius 1 is 1.38 bits per heavy atom. The summed E-state index contributed by atoms with van der Waals surface area (Å²) in [5.74, 6) is 0.153. The number of carbonyl (C=O) groups excluding carboxylic acids is 1. The first-order chi connectivity index (χ1) is 9.99. The monoisotopic (exact) mass is 286 g/mol. The van der Waals surface area contributed by atoms with Gasteiger partial charge in [0.25, 0.3) is 5.56 Å². The maximum Gasteiger partial charge on any atom is 0.251 e. The molecule has 4 N–H and O–H groups in total. The second-order valence-corrected chi connectivity index (χ2v) is 4.94. The molecule has 0 spiro atoms. The van der Waals surface area contributed by atoms with Gasteiger partial charge in [0.1, 0.15) is 5.82 Å². The Balaban J connectivity index is 2.19. The third-order valence-corrected chi connectivity index (χ3v) is 3.10. The predicted molar refractivity (Wildman–Crippen MR) is 81.9 cm³/mol. The number of H-pyrrole nitrogens is 1. The Bertz CT molecular complexity index is 692. The van der Waals surface area contributed by atoms with Gasteiger partial charge in [0, 0.05) is 35.5 Å². The van der Waals surface area contributed by atoms with Crippen LogP contribution in [-0.2, 0) is 4.79 Å². The van der Waals surface area contributed by atoms with E-state index in [1.165, 1.54) is 6.07 Å². The smallest absolute Gasteiger partial charge is 0.251 e. The molecule has 1 aromatic carbocycles. The molecular formula is C15H18N4O2. The fraction of sp³-hybridized carbons (Fsp3) is 0.267. The van der Waals surface area contributed by atoms with Crippen LogP contribution < -0.4 is 16.6 Å². The Hall–Kier alpha value is -2.47. The molecule has 1 heterocycles. The quantitative estimate of drug-likeness (QED) is 0.788. The van der Waals surface area contributed by atoms with Crippen LogP contribution in [0, 0.1) is 12.8 Å². The van der Waals surface area contributed by atoms with Gasteiger partial charge in [-0.2, -0.15) is 0 Å². The van der Waals surface area contributed by atoms with E-state index in [0.717, 1.165) is 5.56 Å². The van der Waals surface area contributed by atoms with Crippen molar-refractivity contribution in [2.75, 3.05) is 11.9 Å². The molecule has 0 radical (unpaired) electrons. The number of aromatic amines is 1. The molecule has 0 saturated carbocycles. The van der Waals surface area contributed by atoms with E-state index in [1.807, 2.05) is 0 Å². The van der Waals surface area contributed by atoms with Gasteiger partial charge in [0.2, 0.25) is 5.91 Å². The Kier molecular flexibility index (Phi) is 4.49. The fourth-order valence-corrected chi connectivity index (χ4v) is 1.80. The molecule has 1 aromatic heterocycles. The number of aryl methyl sites for hydroxylation is 1. The lowest BCUT2D eigenvalue weighted by molar-refractivity contribution is -0.119. The largest absolute Gasteiger partial charge is 0.330 e. The van der Waals surface area contributed by atoms with Gasteiger partial charge in [-0.1, -0.05) is 6.92 Å². The predicted octanol–water partition coefficient (Wildman–Crippen LogP) is 1.28. The number of nitrogens with two attached hydrogens (primary N) is 1. The van der Waals surface area contributed by atoms with Crippen molar-refractivity contribution >= 4 is 11.6 Å². The molecule has 0 aliphatic heterocycles. The highest BCUT2D eigenvalue weighted by atomic mass is 16.2. The van der Waals surface area contributed by atoms with Gasteiger partial charge < -0.3 is 16.0 Å². The number of nitrogens with one attached hydrogen (secondary N) is 2. The van der Waals surface area contributed by atoms with Crippen LogP contribution in [0.25, 0.3) is 11.4 Å². The van der Waals surface area contributed by atoms with Crippen molar-refractivity contribution in [3.63, 3.8) is 0 Å². The van der Waals surface area contributed by atoms with E-state index in [2.05, 4.69) is 15.3 Å². The molecule has 1 atom stereocenters. The number of rotatable bonds is 4. The highest BCUT2D eigenvalue weighted by Gasteiger charge is 2.10. The first-order valence-corrected chi connectivity index (χ1v) is 6.69. The molecule has 110 valence electrons. The number of amides is 1. The van der Waals surface area contributed by atoms with Crippen molar-refractivity contribution in [2.24, 2.45) is 11.7 Å². The summed E-state index contributed by atoms with van der Waals surface area (Å²) in [6.07, 6.45) is 0. The van der Waals surface area contributed by atoms with Gasteiger partial charge in [-0.25, -0.2) is 4.98 Å². The normalized spacial score (nSPS) is 12.0. The lowest BCUT2D eigenvalue weighted by Crippen LogP contribution is -2.26. The first-order valence-electron chi connectivity index (χ1n) is 6.69. The highest BCUT2D eigenvalue weighted by Crippen LogP contribution is 2.17. The van der Waals surface area contributed by atoms with Crippen LogP contribution in [0.1, 0.15) is 12.6 Å². The fourth-order valence-electron chi connectivity index (χ4n) is 1.80. The molecule has 1 amide bonds. The summed E-state index contributed by atoms with van der Waals surface area (Å²) in [5.41, 5.74) is 7.38. The third-order valence-electron chi connectivity index (χ3n) is 3.10. The summed E-state index contributed by atoms with van der Waals surface area (Å²) in [7, 11) is 0. The zero-order valence-electron chi connectivity index (χ0n) is 12.0. The molecule has 0 aliphatic carbocycles. The van der Waals surface area contributed by atoms with E-state index >= 15 is 0 Å². The van der Waals surface area contributed by atoms with E-state index in [1.54, 1.807) is 38.1 Å². The molecule has 0 aliphatic rings. The van der Waals surface area contributed by atoms with Crippen LogP contribution >= 0.6 is 0 Å². The summed E-state index contributed by atoms with van der Waals surface area (Å²) in [4.78, 5) is 30.1. The second-order valence-electron chi connectivity index (χ2n) is 4.94. The van der Waals surface area contributed by atoms with Crippen LogP contribution in [0.2, 0.25) is 0 Å². The van der Waals surface area contributed by atoms with Crippen LogP contribution in [0.15, 0.2) is 35.1 Å². The third kappa shape index (κ3) is 3.76. The Morgan fingerprint density at radius 3 is 2.62 bits per heavy atom. The number of aromatic nitrogens is 2. The molecular weight excluding hydrogens is 268 g/mol. The standard InChI is InChI=1S/C15H18N4O2/c1-9(8-16)15(21)18-12-5-3-11(4-6-12)14-17-10(2)7-13(20)19-14/h3-7,9H,8,16H2,1-2H3,(H,18,21)(H,17,19,20). The molecule has 6 nitrogen and oxygen atoms in total. The summed E-state index contributed by atoms with van der Waals surface area (Å²) in [6, 6.07) is 8.55. The maximum absolute atomic E-state index is 11.7. The number of anilines is 1. The van der Waals surface area contributed by atoms with E-state index in [9.17, 15) is 9.59 Å². The zero-order chi connectivity index (χ0) is 15.4. The van der Waals surface area contributed by atoms with E-state index < -0.39 is 0 Å². The summed E-state index contributed by atoms with van der Waals surface area (Å²) in [6.45, 7) is 3.84. The van der Waals surface area contributed by atoms with Crippen LogP contribution in [0.4, 0.5) is 5.69 Å².